The van der Waals surface area contributed by atoms with E-state index in [-0.39, 0.29) is 6.04 Å². The molecule has 0 saturated heterocycles. The van der Waals surface area contributed by atoms with Crippen LogP contribution in [0.5, 0.6) is 0 Å². The average Bonchev–Trinajstić information content (AvgIpc) is 2.47. The molecule has 3 N–H and O–H groups in total. The molecule has 1 saturated carbocycles. The van der Waals surface area contributed by atoms with E-state index in [0.717, 1.165) is 24.3 Å². The van der Waals surface area contributed by atoms with E-state index in [1.807, 2.05) is 13.0 Å². The highest BCUT2D eigenvalue weighted by Gasteiger charge is 2.21. The van der Waals surface area contributed by atoms with Crippen LogP contribution in [0.25, 0.3) is 0 Å². The molecule has 1 fully saturated rings. The summed E-state index contributed by atoms with van der Waals surface area (Å²) in [5.74, 6) is 1.24. The average molecular weight is 310 g/mol. The lowest BCUT2D eigenvalue weighted by molar-refractivity contribution is 0.290. The predicted octanol–water partition coefficient (Wildman–Crippen LogP) is 2.81. The Labute approximate surface area is 128 Å². The van der Waals surface area contributed by atoms with Crippen molar-refractivity contribution in [2.45, 2.75) is 50.5 Å². The molecule has 1 unspecified atom stereocenters. The first-order valence-electron chi connectivity index (χ1n) is 7.73. The molecule has 1 aromatic rings. The van der Waals surface area contributed by atoms with Gasteiger partial charge in [0.1, 0.15) is 0 Å². The fourth-order valence-electron chi connectivity index (χ4n) is 2.81. The minimum Gasteiger partial charge on any atom is -0.324 e. The second kappa shape index (κ2) is 6.90. The monoisotopic (exact) mass is 310 g/mol. The highest BCUT2D eigenvalue weighted by atomic mass is 32.2. The summed E-state index contributed by atoms with van der Waals surface area (Å²) in [6, 6.07) is 6.72. The Kier molecular flexibility index (Phi) is 5.41. The SMILES string of the molecule is CC1CCC(CNS(=O)(=O)c2cccc(C(C)N)c2)CC1. The molecule has 0 amide bonds. The first-order valence-corrected chi connectivity index (χ1v) is 9.22. The van der Waals surface area contributed by atoms with Crippen LogP contribution in [0.15, 0.2) is 29.2 Å². The summed E-state index contributed by atoms with van der Waals surface area (Å²) in [5, 5.41) is 0. The molecule has 21 heavy (non-hydrogen) atoms. The van der Waals surface area contributed by atoms with Gasteiger partial charge in [-0.1, -0.05) is 31.9 Å². The third-order valence-electron chi connectivity index (χ3n) is 4.39. The molecule has 1 atom stereocenters. The molecule has 1 aliphatic rings. The van der Waals surface area contributed by atoms with Crippen LogP contribution in [0.2, 0.25) is 0 Å². The Morgan fingerprint density at radius 1 is 1.29 bits per heavy atom. The molecule has 5 heteroatoms. The third kappa shape index (κ3) is 4.53. The van der Waals surface area contributed by atoms with Crippen molar-refractivity contribution in [2.75, 3.05) is 6.54 Å². The maximum atomic E-state index is 12.4. The maximum absolute atomic E-state index is 12.4. The number of hydrogen-bond donors (Lipinski definition) is 2. The van der Waals surface area contributed by atoms with Gasteiger partial charge in [0, 0.05) is 12.6 Å². The van der Waals surface area contributed by atoms with Crippen molar-refractivity contribution < 1.29 is 8.42 Å². The number of nitrogens with one attached hydrogen (secondary N) is 1. The van der Waals surface area contributed by atoms with E-state index < -0.39 is 10.0 Å². The summed E-state index contributed by atoms with van der Waals surface area (Å²) < 4.78 is 27.5. The fourth-order valence-corrected chi connectivity index (χ4v) is 3.98. The van der Waals surface area contributed by atoms with E-state index in [2.05, 4.69) is 11.6 Å². The normalized spacial score (nSPS) is 24.7. The van der Waals surface area contributed by atoms with Crippen LogP contribution in [0.1, 0.15) is 51.1 Å². The topological polar surface area (TPSA) is 72.2 Å². The smallest absolute Gasteiger partial charge is 0.240 e. The fraction of sp³-hybridized carbons (Fsp3) is 0.625. The first kappa shape index (κ1) is 16.5. The second-order valence-electron chi connectivity index (χ2n) is 6.34. The minimum absolute atomic E-state index is 0.167. The summed E-state index contributed by atoms with van der Waals surface area (Å²) in [6.07, 6.45) is 4.63. The van der Waals surface area contributed by atoms with Crippen molar-refractivity contribution in [2.24, 2.45) is 17.6 Å². The van der Waals surface area contributed by atoms with Gasteiger partial charge in [0.2, 0.25) is 10.0 Å². The van der Waals surface area contributed by atoms with Crippen molar-refractivity contribution in [1.82, 2.24) is 4.72 Å². The number of sulfonamides is 1. The van der Waals surface area contributed by atoms with Crippen LogP contribution < -0.4 is 10.5 Å². The van der Waals surface area contributed by atoms with Gasteiger partial charge in [0.05, 0.1) is 4.90 Å². The van der Waals surface area contributed by atoms with E-state index in [0.29, 0.717) is 17.4 Å². The molecule has 0 aliphatic heterocycles. The van der Waals surface area contributed by atoms with Gasteiger partial charge in [-0.15, -0.1) is 0 Å². The van der Waals surface area contributed by atoms with Crippen LogP contribution in [0, 0.1) is 11.8 Å². The molecule has 1 aliphatic carbocycles. The highest BCUT2D eigenvalue weighted by Crippen LogP contribution is 2.28. The van der Waals surface area contributed by atoms with Crippen molar-refractivity contribution in [3.05, 3.63) is 29.8 Å². The lowest BCUT2D eigenvalue weighted by Gasteiger charge is -2.26. The van der Waals surface area contributed by atoms with E-state index >= 15 is 0 Å². The molecule has 0 spiro atoms. The van der Waals surface area contributed by atoms with Gasteiger partial charge < -0.3 is 5.73 Å². The predicted molar refractivity (Wildman–Crippen MR) is 85.4 cm³/mol. The first-order chi connectivity index (χ1) is 9.88. The largest absolute Gasteiger partial charge is 0.324 e. The molecule has 0 aromatic heterocycles. The Morgan fingerprint density at radius 3 is 2.57 bits per heavy atom. The highest BCUT2D eigenvalue weighted by molar-refractivity contribution is 7.89. The van der Waals surface area contributed by atoms with Crippen LogP contribution in [-0.4, -0.2) is 15.0 Å². The van der Waals surface area contributed by atoms with Gasteiger partial charge in [-0.2, -0.15) is 0 Å². The Balaban J connectivity index is 2.00. The number of rotatable bonds is 5. The molecule has 0 bridgehead atoms. The van der Waals surface area contributed by atoms with E-state index in [4.69, 9.17) is 5.73 Å². The zero-order chi connectivity index (χ0) is 15.5. The summed E-state index contributed by atoms with van der Waals surface area (Å²) in [6.45, 7) is 4.65. The van der Waals surface area contributed by atoms with Gasteiger partial charge in [-0.05, 0) is 49.3 Å². The second-order valence-corrected chi connectivity index (χ2v) is 8.11. The minimum atomic E-state index is -3.43. The van der Waals surface area contributed by atoms with Gasteiger partial charge in [0.25, 0.3) is 0 Å². The van der Waals surface area contributed by atoms with Crippen molar-refractivity contribution in [3.63, 3.8) is 0 Å². The van der Waals surface area contributed by atoms with E-state index in [9.17, 15) is 8.42 Å². The van der Waals surface area contributed by atoms with E-state index in [1.54, 1.807) is 18.2 Å². The summed E-state index contributed by atoms with van der Waals surface area (Å²) >= 11 is 0. The van der Waals surface area contributed by atoms with Gasteiger partial charge >= 0.3 is 0 Å². The van der Waals surface area contributed by atoms with Crippen molar-refractivity contribution >= 4 is 10.0 Å². The maximum Gasteiger partial charge on any atom is 0.240 e. The van der Waals surface area contributed by atoms with Crippen LogP contribution in [0.4, 0.5) is 0 Å². The van der Waals surface area contributed by atoms with Gasteiger partial charge in [-0.25, -0.2) is 13.1 Å². The Morgan fingerprint density at radius 2 is 1.95 bits per heavy atom. The molecule has 118 valence electrons. The summed E-state index contributed by atoms with van der Waals surface area (Å²) in [4.78, 5) is 0.307. The summed E-state index contributed by atoms with van der Waals surface area (Å²) in [7, 11) is -3.43. The van der Waals surface area contributed by atoms with Crippen LogP contribution in [0.3, 0.4) is 0 Å². The number of nitrogens with two attached hydrogens (primary N) is 1. The third-order valence-corrected chi connectivity index (χ3v) is 5.81. The standard InChI is InChI=1S/C16H26N2O2S/c1-12-6-8-14(9-7-12)11-18-21(19,20)16-5-3-4-15(10-16)13(2)17/h3-5,10,12-14,18H,6-9,11,17H2,1-2H3. The quantitative estimate of drug-likeness (QED) is 0.878. The Bertz CT molecular complexity index is 561. The van der Waals surface area contributed by atoms with E-state index in [1.165, 1.54) is 12.8 Å². The van der Waals surface area contributed by atoms with Crippen LogP contribution >= 0.6 is 0 Å². The van der Waals surface area contributed by atoms with Crippen LogP contribution in [-0.2, 0) is 10.0 Å². The molecule has 0 radical (unpaired) electrons. The zero-order valence-corrected chi connectivity index (χ0v) is 13.7. The molecular formula is C16H26N2O2S. The molecule has 4 nitrogen and oxygen atoms in total. The number of hydrogen-bond acceptors (Lipinski definition) is 3. The molecule has 0 heterocycles. The number of benzene rings is 1. The lowest BCUT2D eigenvalue weighted by atomic mass is 9.83. The van der Waals surface area contributed by atoms with Gasteiger partial charge in [-0.3, -0.25) is 0 Å². The van der Waals surface area contributed by atoms with Crippen molar-refractivity contribution in [3.8, 4) is 0 Å². The molecule has 2 rings (SSSR count). The molecular weight excluding hydrogens is 284 g/mol. The summed E-state index contributed by atoms with van der Waals surface area (Å²) in [5.41, 5.74) is 6.65. The van der Waals surface area contributed by atoms with Crippen molar-refractivity contribution in [1.29, 1.82) is 0 Å². The lowest BCUT2D eigenvalue weighted by Crippen LogP contribution is -2.31. The zero-order valence-electron chi connectivity index (χ0n) is 12.9. The van der Waals surface area contributed by atoms with Gasteiger partial charge in [0.15, 0.2) is 0 Å². The Hall–Kier alpha value is -0.910. The molecule has 1 aromatic carbocycles.